The highest BCUT2D eigenvalue weighted by atomic mass is 16.2. The van der Waals surface area contributed by atoms with E-state index in [0.717, 1.165) is 56.8 Å². The van der Waals surface area contributed by atoms with E-state index in [0.29, 0.717) is 12.5 Å². The van der Waals surface area contributed by atoms with E-state index >= 15 is 0 Å². The number of para-hydroxylation sites is 2. The molecule has 3 rings (SSSR count). The van der Waals surface area contributed by atoms with Crippen molar-refractivity contribution in [2.75, 3.05) is 26.2 Å². The van der Waals surface area contributed by atoms with Crippen molar-refractivity contribution in [3.63, 3.8) is 0 Å². The summed E-state index contributed by atoms with van der Waals surface area (Å²) in [6.45, 7) is 8.54. The lowest BCUT2D eigenvalue weighted by molar-refractivity contribution is -0.122. The molecule has 0 spiro atoms. The summed E-state index contributed by atoms with van der Waals surface area (Å²) in [5.74, 6) is 1.92. The number of rotatable bonds is 6. The van der Waals surface area contributed by atoms with E-state index in [4.69, 9.17) is 0 Å². The number of imidazole rings is 1. The first kappa shape index (κ1) is 17.0. The number of hydrogen-bond donors (Lipinski definition) is 1. The summed E-state index contributed by atoms with van der Waals surface area (Å²) >= 11 is 0. The fraction of sp³-hybridized carbons (Fsp3) is 0.579. The van der Waals surface area contributed by atoms with Gasteiger partial charge in [0.2, 0.25) is 5.91 Å². The standard InChI is InChI=1S/C19H28N4O/c1-3-10-20-19(24)14-22-11-8-16(9-12-22)13-23-15(2)21-17-6-4-5-7-18(17)23/h4-7,16H,3,8-14H2,1-2H3,(H,20,24). The molecule has 0 aliphatic carbocycles. The molecule has 1 fully saturated rings. The van der Waals surface area contributed by atoms with Gasteiger partial charge in [-0.05, 0) is 57.3 Å². The first-order valence-corrected chi connectivity index (χ1v) is 9.08. The van der Waals surface area contributed by atoms with Crippen LogP contribution >= 0.6 is 0 Å². The molecule has 130 valence electrons. The van der Waals surface area contributed by atoms with E-state index in [9.17, 15) is 4.79 Å². The van der Waals surface area contributed by atoms with Crippen molar-refractivity contribution < 1.29 is 4.79 Å². The number of benzene rings is 1. The van der Waals surface area contributed by atoms with Crippen LogP contribution in [0.25, 0.3) is 11.0 Å². The van der Waals surface area contributed by atoms with Gasteiger partial charge in [-0.1, -0.05) is 19.1 Å². The monoisotopic (exact) mass is 328 g/mol. The van der Waals surface area contributed by atoms with E-state index in [2.05, 4.69) is 51.8 Å². The lowest BCUT2D eigenvalue weighted by atomic mass is 9.96. The van der Waals surface area contributed by atoms with Crippen molar-refractivity contribution in [2.45, 2.75) is 39.7 Å². The predicted octanol–water partition coefficient (Wildman–Crippen LogP) is 2.58. The second-order valence-electron chi connectivity index (χ2n) is 6.83. The molecule has 0 unspecified atom stereocenters. The van der Waals surface area contributed by atoms with E-state index < -0.39 is 0 Å². The van der Waals surface area contributed by atoms with Gasteiger partial charge in [-0.2, -0.15) is 0 Å². The minimum atomic E-state index is 0.159. The van der Waals surface area contributed by atoms with Crippen molar-refractivity contribution in [3.8, 4) is 0 Å². The van der Waals surface area contributed by atoms with Crippen LogP contribution in [0.15, 0.2) is 24.3 Å². The summed E-state index contributed by atoms with van der Waals surface area (Å²) in [5, 5.41) is 2.96. The molecule has 1 aromatic carbocycles. The zero-order valence-electron chi connectivity index (χ0n) is 14.8. The Morgan fingerprint density at radius 2 is 2.04 bits per heavy atom. The summed E-state index contributed by atoms with van der Waals surface area (Å²) in [4.78, 5) is 18.8. The highest BCUT2D eigenvalue weighted by Gasteiger charge is 2.22. The first-order valence-electron chi connectivity index (χ1n) is 9.08. The van der Waals surface area contributed by atoms with Gasteiger partial charge in [0.05, 0.1) is 17.6 Å². The molecule has 1 aromatic heterocycles. The maximum absolute atomic E-state index is 11.8. The molecular formula is C19H28N4O. The Morgan fingerprint density at radius 3 is 2.79 bits per heavy atom. The van der Waals surface area contributed by atoms with Crippen LogP contribution in [-0.2, 0) is 11.3 Å². The van der Waals surface area contributed by atoms with Crippen LogP contribution in [0.2, 0.25) is 0 Å². The molecule has 2 aromatic rings. The fourth-order valence-corrected chi connectivity index (χ4v) is 3.54. The molecule has 1 N–H and O–H groups in total. The van der Waals surface area contributed by atoms with E-state index in [1.165, 1.54) is 5.52 Å². The number of aryl methyl sites for hydroxylation is 1. The number of amides is 1. The predicted molar refractivity (Wildman–Crippen MR) is 96.9 cm³/mol. The van der Waals surface area contributed by atoms with Crippen LogP contribution in [0.4, 0.5) is 0 Å². The third-order valence-electron chi connectivity index (χ3n) is 4.93. The lowest BCUT2D eigenvalue weighted by Gasteiger charge is -2.31. The molecule has 5 nitrogen and oxygen atoms in total. The highest BCUT2D eigenvalue weighted by molar-refractivity contribution is 5.78. The van der Waals surface area contributed by atoms with Gasteiger partial charge in [0.25, 0.3) is 0 Å². The van der Waals surface area contributed by atoms with E-state index in [1.807, 2.05) is 6.07 Å². The Morgan fingerprint density at radius 1 is 1.29 bits per heavy atom. The van der Waals surface area contributed by atoms with Crippen LogP contribution in [0.5, 0.6) is 0 Å². The average molecular weight is 328 g/mol. The normalized spacial score (nSPS) is 16.6. The third-order valence-corrected chi connectivity index (χ3v) is 4.93. The highest BCUT2D eigenvalue weighted by Crippen LogP contribution is 2.23. The largest absolute Gasteiger partial charge is 0.355 e. The molecule has 5 heteroatoms. The number of fused-ring (bicyclic) bond motifs is 1. The number of likely N-dealkylation sites (tertiary alicyclic amines) is 1. The smallest absolute Gasteiger partial charge is 0.234 e. The van der Waals surface area contributed by atoms with Gasteiger partial charge in [0, 0.05) is 13.1 Å². The minimum Gasteiger partial charge on any atom is -0.355 e. The molecule has 1 aliphatic rings. The Bertz CT molecular complexity index is 686. The van der Waals surface area contributed by atoms with Crippen LogP contribution in [-0.4, -0.2) is 46.5 Å². The maximum Gasteiger partial charge on any atom is 0.234 e. The Balaban J connectivity index is 1.53. The molecule has 0 atom stereocenters. The van der Waals surface area contributed by atoms with E-state index in [1.54, 1.807) is 0 Å². The zero-order valence-corrected chi connectivity index (χ0v) is 14.8. The van der Waals surface area contributed by atoms with Gasteiger partial charge >= 0.3 is 0 Å². The number of carbonyl (C=O) groups excluding carboxylic acids is 1. The number of nitrogens with one attached hydrogen (secondary N) is 1. The summed E-state index contributed by atoms with van der Waals surface area (Å²) in [5.41, 5.74) is 2.32. The van der Waals surface area contributed by atoms with Gasteiger partial charge < -0.3 is 9.88 Å². The Hall–Kier alpha value is -1.88. The first-order chi connectivity index (χ1) is 11.7. The van der Waals surface area contributed by atoms with Crippen molar-refractivity contribution in [3.05, 3.63) is 30.1 Å². The number of nitrogens with zero attached hydrogens (tertiary/aromatic N) is 3. The molecule has 0 radical (unpaired) electrons. The molecule has 1 aliphatic heterocycles. The van der Waals surface area contributed by atoms with Gasteiger partial charge in [0.15, 0.2) is 0 Å². The van der Waals surface area contributed by atoms with Crippen molar-refractivity contribution in [1.82, 2.24) is 19.8 Å². The van der Waals surface area contributed by atoms with Gasteiger partial charge in [-0.25, -0.2) is 4.98 Å². The van der Waals surface area contributed by atoms with Crippen molar-refractivity contribution >= 4 is 16.9 Å². The molecule has 1 saturated heterocycles. The SMILES string of the molecule is CCCNC(=O)CN1CCC(Cn2c(C)nc3ccccc32)CC1. The van der Waals surface area contributed by atoms with Gasteiger partial charge in [-0.3, -0.25) is 9.69 Å². The van der Waals surface area contributed by atoms with Crippen LogP contribution < -0.4 is 5.32 Å². The topological polar surface area (TPSA) is 50.2 Å². The molecule has 1 amide bonds. The van der Waals surface area contributed by atoms with Crippen LogP contribution in [0.1, 0.15) is 32.0 Å². The van der Waals surface area contributed by atoms with Crippen LogP contribution in [0, 0.1) is 12.8 Å². The lowest BCUT2D eigenvalue weighted by Crippen LogP contribution is -2.42. The van der Waals surface area contributed by atoms with Crippen LogP contribution in [0.3, 0.4) is 0 Å². The molecular weight excluding hydrogens is 300 g/mol. The van der Waals surface area contributed by atoms with Crippen molar-refractivity contribution in [1.29, 1.82) is 0 Å². The molecule has 2 heterocycles. The average Bonchev–Trinajstić information content (AvgIpc) is 2.90. The Labute approximate surface area is 144 Å². The maximum atomic E-state index is 11.8. The Kier molecular flexibility index (Phi) is 5.51. The number of hydrogen-bond acceptors (Lipinski definition) is 3. The van der Waals surface area contributed by atoms with Gasteiger partial charge in [-0.15, -0.1) is 0 Å². The van der Waals surface area contributed by atoms with E-state index in [-0.39, 0.29) is 5.91 Å². The molecule has 24 heavy (non-hydrogen) atoms. The van der Waals surface area contributed by atoms with Gasteiger partial charge in [0.1, 0.15) is 5.82 Å². The summed E-state index contributed by atoms with van der Waals surface area (Å²) in [7, 11) is 0. The zero-order chi connectivity index (χ0) is 16.9. The number of piperidine rings is 1. The second kappa shape index (κ2) is 7.79. The second-order valence-corrected chi connectivity index (χ2v) is 6.83. The quantitative estimate of drug-likeness (QED) is 0.887. The minimum absolute atomic E-state index is 0.159. The number of carbonyl (C=O) groups is 1. The fourth-order valence-electron chi connectivity index (χ4n) is 3.54. The summed E-state index contributed by atoms with van der Waals surface area (Å²) in [6.07, 6.45) is 3.28. The molecule has 0 bridgehead atoms. The number of aromatic nitrogens is 2. The summed E-state index contributed by atoms with van der Waals surface area (Å²) < 4.78 is 2.35. The van der Waals surface area contributed by atoms with Crippen molar-refractivity contribution in [2.24, 2.45) is 5.92 Å². The third kappa shape index (κ3) is 3.96. The summed E-state index contributed by atoms with van der Waals surface area (Å²) in [6, 6.07) is 8.36. The molecule has 0 saturated carbocycles.